The zero-order chi connectivity index (χ0) is 11.8. The molecule has 17 heavy (non-hydrogen) atoms. The molecule has 1 aromatic heterocycles. The lowest BCUT2D eigenvalue weighted by Gasteiger charge is -2.09. The predicted octanol–water partition coefficient (Wildman–Crippen LogP) is 3.53. The summed E-state index contributed by atoms with van der Waals surface area (Å²) in [6.45, 7) is 2.14. The number of para-hydroxylation sites is 1. The molecule has 0 spiro atoms. The minimum Gasteiger partial charge on any atom is -0.398 e. The molecule has 0 aliphatic rings. The van der Waals surface area contributed by atoms with Gasteiger partial charge in [-0.15, -0.1) is 0 Å². The highest BCUT2D eigenvalue weighted by molar-refractivity contribution is 6.07. The molecule has 0 atom stereocenters. The van der Waals surface area contributed by atoms with Crippen molar-refractivity contribution in [1.82, 2.24) is 4.98 Å². The molecule has 0 unspecified atom stereocenters. The van der Waals surface area contributed by atoms with E-state index in [1.807, 2.05) is 36.4 Å². The Bertz CT molecular complexity index is 702. The highest BCUT2D eigenvalue weighted by Crippen LogP contribution is 2.30. The lowest BCUT2D eigenvalue weighted by atomic mass is 10.0. The quantitative estimate of drug-likeness (QED) is 0.640. The Hall–Kier alpha value is -2.09. The van der Waals surface area contributed by atoms with Crippen molar-refractivity contribution in [2.75, 3.05) is 5.73 Å². The number of hydrogen-bond donors (Lipinski definition) is 1. The molecule has 1 heterocycles. The van der Waals surface area contributed by atoms with E-state index in [1.165, 1.54) is 5.56 Å². The van der Waals surface area contributed by atoms with Crippen molar-refractivity contribution in [1.29, 1.82) is 0 Å². The normalized spacial score (nSPS) is 11.1. The van der Waals surface area contributed by atoms with Gasteiger partial charge in [-0.25, -0.2) is 4.98 Å². The summed E-state index contributed by atoms with van der Waals surface area (Å²) in [6, 6.07) is 14.2. The van der Waals surface area contributed by atoms with Crippen LogP contribution in [0.25, 0.3) is 21.8 Å². The van der Waals surface area contributed by atoms with Crippen LogP contribution < -0.4 is 5.73 Å². The number of nitrogens with zero attached hydrogens (tertiary/aromatic N) is 1. The van der Waals surface area contributed by atoms with E-state index in [0.717, 1.165) is 33.9 Å². The predicted molar refractivity (Wildman–Crippen MR) is 73.0 cm³/mol. The van der Waals surface area contributed by atoms with Crippen LogP contribution >= 0.6 is 0 Å². The van der Waals surface area contributed by atoms with Gasteiger partial charge in [0.1, 0.15) is 0 Å². The van der Waals surface area contributed by atoms with E-state index >= 15 is 0 Å². The lowest BCUT2D eigenvalue weighted by Crippen LogP contribution is -1.95. The second kappa shape index (κ2) is 3.74. The first kappa shape index (κ1) is 10.1. The van der Waals surface area contributed by atoms with Gasteiger partial charge in [0.25, 0.3) is 0 Å². The van der Waals surface area contributed by atoms with Gasteiger partial charge in [-0.05, 0) is 24.1 Å². The molecular weight excluding hydrogens is 208 g/mol. The summed E-state index contributed by atoms with van der Waals surface area (Å²) >= 11 is 0. The Morgan fingerprint density at radius 1 is 1.00 bits per heavy atom. The van der Waals surface area contributed by atoms with E-state index in [9.17, 15) is 0 Å². The molecule has 0 radical (unpaired) electrons. The summed E-state index contributed by atoms with van der Waals surface area (Å²) in [5.41, 5.74) is 10.4. The molecule has 0 saturated carbocycles. The average Bonchev–Trinajstić information content (AvgIpc) is 2.38. The average molecular weight is 222 g/mol. The molecule has 3 rings (SSSR count). The van der Waals surface area contributed by atoms with Crippen LogP contribution in [0.1, 0.15) is 12.5 Å². The molecular formula is C15H14N2. The number of hydrogen-bond acceptors (Lipinski definition) is 2. The minimum atomic E-state index is 0.850. The first-order valence-electron chi connectivity index (χ1n) is 5.87. The lowest BCUT2D eigenvalue weighted by molar-refractivity contribution is 1.16. The van der Waals surface area contributed by atoms with Crippen LogP contribution in [0.2, 0.25) is 0 Å². The van der Waals surface area contributed by atoms with E-state index in [2.05, 4.69) is 18.0 Å². The number of nitrogens with two attached hydrogens (primary N) is 1. The first-order valence-corrected chi connectivity index (χ1v) is 5.87. The van der Waals surface area contributed by atoms with Crippen molar-refractivity contribution in [3.05, 3.63) is 48.0 Å². The second-order valence-electron chi connectivity index (χ2n) is 4.21. The molecule has 0 bridgehead atoms. The number of rotatable bonds is 1. The highest BCUT2D eigenvalue weighted by Gasteiger charge is 2.08. The van der Waals surface area contributed by atoms with E-state index < -0.39 is 0 Å². The number of anilines is 1. The molecule has 0 aliphatic heterocycles. The topological polar surface area (TPSA) is 38.9 Å². The molecule has 2 heteroatoms. The molecule has 0 fully saturated rings. The van der Waals surface area contributed by atoms with E-state index in [4.69, 9.17) is 5.73 Å². The SMILES string of the molecule is CCc1cccc2nc3ccccc3c(N)c12. The zero-order valence-corrected chi connectivity index (χ0v) is 9.77. The Morgan fingerprint density at radius 2 is 1.76 bits per heavy atom. The van der Waals surface area contributed by atoms with Gasteiger partial charge in [0, 0.05) is 10.8 Å². The van der Waals surface area contributed by atoms with Crippen LogP contribution in [-0.2, 0) is 6.42 Å². The summed E-state index contributed by atoms with van der Waals surface area (Å²) in [7, 11) is 0. The van der Waals surface area contributed by atoms with E-state index in [-0.39, 0.29) is 0 Å². The summed E-state index contributed by atoms with van der Waals surface area (Å²) in [4.78, 5) is 4.67. The summed E-state index contributed by atoms with van der Waals surface area (Å²) < 4.78 is 0. The largest absolute Gasteiger partial charge is 0.398 e. The molecule has 0 amide bonds. The van der Waals surface area contributed by atoms with Crippen molar-refractivity contribution < 1.29 is 0 Å². The van der Waals surface area contributed by atoms with Crippen LogP contribution in [0.5, 0.6) is 0 Å². The number of pyridine rings is 1. The first-order chi connectivity index (χ1) is 8.31. The fourth-order valence-electron chi connectivity index (χ4n) is 2.35. The van der Waals surface area contributed by atoms with Crippen LogP contribution in [0.4, 0.5) is 5.69 Å². The van der Waals surface area contributed by atoms with Gasteiger partial charge >= 0.3 is 0 Å². The third-order valence-electron chi connectivity index (χ3n) is 3.21. The minimum absolute atomic E-state index is 0.850. The summed E-state index contributed by atoms with van der Waals surface area (Å²) in [6.07, 6.45) is 0.974. The summed E-state index contributed by atoms with van der Waals surface area (Å²) in [5.74, 6) is 0. The van der Waals surface area contributed by atoms with Crippen molar-refractivity contribution in [2.24, 2.45) is 0 Å². The van der Waals surface area contributed by atoms with E-state index in [0.29, 0.717) is 0 Å². The number of aromatic nitrogens is 1. The highest BCUT2D eigenvalue weighted by atomic mass is 14.7. The molecule has 0 saturated heterocycles. The van der Waals surface area contributed by atoms with Gasteiger partial charge in [0.15, 0.2) is 0 Å². The van der Waals surface area contributed by atoms with Gasteiger partial charge in [-0.1, -0.05) is 37.3 Å². The summed E-state index contributed by atoms with van der Waals surface area (Å²) in [5, 5.41) is 2.15. The van der Waals surface area contributed by atoms with Gasteiger partial charge < -0.3 is 5.73 Å². The maximum absolute atomic E-state index is 6.29. The third-order valence-corrected chi connectivity index (χ3v) is 3.21. The molecule has 0 aliphatic carbocycles. The molecule has 2 nitrogen and oxygen atoms in total. The molecule has 84 valence electrons. The van der Waals surface area contributed by atoms with E-state index in [1.54, 1.807) is 0 Å². The van der Waals surface area contributed by atoms with Gasteiger partial charge in [-0.3, -0.25) is 0 Å². The van der Waals surface area contributed by atoms with Crippen molar-refractivity contribution in [3.8, 4) is 0 Å². The maximum Gasteiger partial charge on any atom is 0.0733 e. The smallest absolute Gasteiger partial charge is 0.0733 e. The Morgan fingerprint density at radius 3 is 2.59 bits per heavy atom. The van der Waals surface area contributed by atoms with Crippen LogP contribution in [0.15, 0.2) is 42.5 Å². The van der Waals surface area contributed by atoms with Crippen molar-refractivity contribution in [2.45, 2.75) is 13.3 Å². The van der Waals surface area contributed by atoms with Crippen molar-refractivity contribution >= 4 is 27.5 Å². The Labute approximate surface area is 100 Å². The maximum atomic E-state index is 6.29. The van der Waals surface area contributed by atoms with Gasteiger partial charge in [-0.2, -0.15) is 0 Å². The van der Waals surface area contributed by atoms with Crippen LogP contribution in [0, 0.1) is 0 Å². The Balaban J connectivity index is 2.55. The second-order valence-corrected chi connectivity index (χ2v) is 4.21. The van der Waals surface area contributed by atoms with Gasteiger partial charge in [0.2, 0.25) is 0 Å². The number of fused-ring (bicyclic) bond motifs is 2. The van der Waals surface area contributed by atoms with Crippen molar-refractivity contribution in [3.63, 3.8) is 0 Å². The number of benzene rings is 2. The number of nitrogen functional groups attached to an aromatic ring is 1. The van der Waals surface area contributed by atoms with Crippen LogP contribution in [0.3, 0.4) is 0 Å². The fourth-order valence-corrected chi connectivity index (χ4v) is 2.35. The third kappa shape index (κ3) is 1.45. The fraction of sp³-hybridized carbons (Fsp3) is 0.133. The molecule has 2 aromatic carbocycles. The zero-order valence-electron chi connectivity index (χ0n) is 9.77. The number of aryl methyl sites for hydroxylation is 1. The monoisotopic (exact) mass is 222 g/mol. The molecule has 3 aromatic rings. The Kier molecular flexibility index (Phi) is 2.22. The van der Waals surface area contributed by atoms with Gasteiger partial charge in [0.05, 0.1) is 16.7 Å². The standard InChI is InChI=1S/C15H14N2/c1-2-10-6-5-9-13-14(10)15(16)11-7-3-4-8-12(11)17-13/h3-9H,2H2,1H3,(H2,16,17). The van der Waals surface area contributed by atoms with Crippen LogP contribution in [-0.4, -0.2) is 4.98 Å². The molecule has 2 N–H and O–H groups in total.